The Hall–Kier alpha value is -3.53. The van der Waals surface area contributed by atoms with Crippen LogP contribution < -0.4 is 5.43 Å². The monoisotopic (exact) mass is 294 g/mol. The lowest BCUT2D eigenvalue weighted by molar-refractivity contribution is -0.384. The molecule has 0 saturated heterocycles. The quantitative estimate of drug-likeness (QED) is 0.394. The van der Waals surface area contributed by atoms with Crippen molar-refractivity contribution >= 4 is 22.9 Å². The Kier molecular flexibility index (Phi) is 4.57. The number of anilines is 1. The number of nitriles is 1. The molecule has 0 atom stereocenters. The second-order valence-electron chi connectivity index (χ2n) is 4.15. The Labute approximate surface area is 125 Å². The molecule has 0 aliphatic heterocycles. The van der Waals surface area contributed by atoms with Crippen LogP contribution >= 0.6 is 0 Å². The average Bonchev–Trinajstić information content (AvgIpc) is 2.56. The lowest BCUT2D eigenvalue weighted by Gasteiger charge is -2.02. The van der Waals surface area contributed by atoms with Crippen LogP contribution in [-0.4, -0.2) is 16.4 Å². The highest BCUT2D eigenvalue weighted by molar-refractivity contribution is 6.51. The summed E-state index contributed by atoms with van der Waals surface area (Å²) in [4.78, 5) is 22.4. The minimum absolute atomic E-state index is 0.0983. The molecule has 0 radical (unpaired) electrons. The number of nitrogens with one attached hydrogen (secondary N) is 1. The molecule has 2 rings (SSSR count). The first-order chi connectivity index (χ1) is 10.6. The summed E-state index contributed by atoms with van der Waals surface area (Å²) in [6.45, 7) is 0. The van der Waals surface area contributed by atoms with Crippen LogP contribution in [0.4, 0.5) is 11.4 Å². The molecule has 0 saturated carbocycles. The van der Waals surface area contributed by atoms with Crippen LogP contribution in [0.2, 0.25) is 0 Å². The average molecular weight is 294 g/mol. The number of hydrazone groups is 1. The zero-order valence-electron chi connectivity index (χ0n) is 11.3. The third kappa shape index (κ3) is 3.32. The van der Waals surface area contributed by atoms with E-state index in [4.69, 9.17) is 5.26 Å². The molecule has 108 valence electrons. The number of hydrogen-bond acceptors (Lipinski definition) is 6. The van der Waals surface area contributed by atoms with E-state index in [1.165, 1.54) is 18.2 Å². The minimum Gasteiger partial charge on any atom is -0.286 e. The maximum atomic E-state index is 12.1. The highest BCUT2D eigenvalue weighted by atomic mass is 16.6. The van der Waals surface area contributed by atoms with Gasteiger partial charge in [0.1, 0.15) is 11.8 Å². The molecule has 0 fully saturated rings. The van der Waals surface area contributed by atoms with Crippen molar-refractivity contribution in [3.63, 3.8) is 0 Å². The van der Waals surface area contributed by atoms with E-state index in [-0.39, 0.29) is 17.1 Å². The summed E-state index contributed by atoms with van der Waals surface area (Å²) in [6, 6.07) is 15.7. The summed E-state index contributed by atoms with van der Waals surface area (Å²) in [7, 11) is 0. The van der Waals surface area contributed by atoms with Crippen LogP contribution in [0.3, 0.4) is 0 Å². The Morgan fingerprint density at radius 1 is 1.14 bits per heavy atom. The fraction of sp³-hybridized carbons (Fsp3) is 0. The number of para-hydroxylation sites is 2. The first kappa shape index (κ1) is 14.9. The Balaban J connectivity index is 2.27. The number of nitrogens with zero attached hydrogens (tertiary/aromatic N) is 3. The van der Waals surface area contributed by atoms with Gasteiger partial charge in [-0.1, -0.05) is 42.5 Å². The van der Waals surface area contributed by atoms with Crippen molar-refractivity contribution in [1.82, 2.24) is 0 Å². The van der Waals surface area contributed by atoms with Gasteiger partial charge in [0.2, 0.25) is 11.5 Å². The van der Waals surface area contributed by atoms with Crippen LogP contribution in [0.25, 0.3) is 0 Å². The normalized spacial score (nSPS) is 10.6. The first-order valence-electron chi connectivity index (χ1n) is 6.20. The molecule has 0 aliphatic carbocycles. The fourth-order valence-corrected chi connectivity index (χ4v) is 1.70. The molecule has 0 heterocycles. The SMILES string of the molecule is N#C/C(=N\Nc1ccccc1[N+](=O)[O-])C(=O)c1ccccc1. The number of ketones is 1. The summed E-state index contributed by atoms with van der Waals surface area (Å²) in [6.07, 6.45) is 0. The highest BCUT2D eigenvalue weighted by Crippen LogP contribution is 2.23. The molecule has 0 aliphatic rings. The van der Waals surface area contributed by atoms with E-state index >= 15 is 0 Å². The topological polar surface area (TPSA) is 108 Å². The van der Waals surface area contributed by atoms with Gasteiger partial charge in [-0.05, 0) is 6.07 Å². The molecule has 0 amide bonds. The van der Waals surface area contributed by atoms with E-state index in [9.17, 15) is 14.9 Å². The van der Waals surface area contributed by atoms with Gasteiger partial charge >= 0.3 is 0 Å². The Morgan fingerprint density at radius 2 is 1.77 bits per heavy atom. The predicted molar refractivity (Wildman–Crippen MR) is 80.5 cm³/mol. The van der Waals surface area contributed by atoms with Crippen molar-refractivity contribution in [3.8, 4) is 6.07 Å². The number of hydrogen-bond donors (Lipinski definition) is 1. The van der Waals surface area contributed by atoms with Crippen molar-refractivity contribution in [2.45, 2.75) is 0 Å². The van der Waals surface area contributed by atoms with E-state index in [2.05, 4.69) is 10.5 Å². The summed E-state index contributed by atoms with van der Waals surface area (Å²) in [5.41, 5.74) is 2.23. The van der Waals surface area contributed by atoms with Crippen LogP contribution in [0.15, 0.2) is 59.7 Å². The number of rotatable bonds is 5. The Morgan fingerprint density at radius 3 is 2.41 bits per heavy atom. The largest absolute Gasteiger partial charge is 0.294 e. The smallest absolute Gasteiger partial charge is 0.286 e. The van der Waals surface area contributed by atoms with Crippen LogP contribution in [0.5, 0.6) is 0 Å². The molecule has 0 unspecified atom stereocenters. The number of nitro groups is 1. The maximum absolute atomic E-state index is 12.1. The van der Waals surface area contributed by atoms with Gasteiger partial charge < -0.3 is 0 Å². The van der Waals surface area contributed by atoms with Crippen molar-refractivity contribution in [2.75, 3.05) is 5.43 Å². The number of nitro benzene ring substituents is 1. The van der Waals surface area contributed by atoms with Gasteiger partial charge in [-0.3, -0.25) is 20.3 Å². The molecule has 1 N–H and O–H groups in total. The van der Waals surface area contributed by atoms with Gasteiger partial charge in [-0.15, -0.1) is 0 Å². The van der Waals surface area contributed by atoms with Gasteiger partial charge in [0, 0.05) is 11.6 Å². The first-order valence-corrected chi connectivity index (χ1v) is 6.20. The molecule has 0 aromatic heterocycles. The fourth-order valence-electron chi connectivity index (χ4n) is 1.70. The third-order valence-corrected chi connectivity index (χ3v) is 2.75. The second kappa shape index (κ2) is 6.76. The maximum Gasteiger partial charge on any atom is 0.294 e. The van der Waals surface area contributed by atoms with Crippen molar-refractivity contribution in [1.29, 1.82) is 5.26 Å². The van der Waals surface area contributed by atoms with Gasteiger partial charge in [0.25, 0.3) is 5.69 Å². The summed E-state index contributed by atoms with van der Waals surface area (Å²) < 4.78 is 0. The van der Waals surface area contributed by atoms with E-state index in [1.54, 1.807) is 42.5 Å². The molecule has 7 heteroatoms. The van der Waals surface area contributed by atoms with Gasteiger partial charge in [-0.25, -0.2) is 0 Å². The van der Waals surface area contributed by atoms with E-state index < -0.39 is 10.7 Å². The molecule has 0 spiro atoms. The van der Waals surface area contributed by atoms with E-state index in [0.29, 0.717) is 5.56 Å². The number of carbonyl (C=O) groups is 1. The van der Waals surface area contributed by atoms with Crippen molar-refractivity contribution in [3.05, 3.63) is 70.3 Å². The number of carbonyl (C=O) groups excluding carboxylic acids is 1. The number of Topliss-reactive ketones (excluding diaryl/α,β-unsaturated/α-hetero) is 1. The van der Waals surface area contributed by atoms with Crippen LogP contribution in [-0.2, 0) is 0 Å². The molecule has 0 bridgehead atoms. The molecule has 2 aromatic rings. The molecular formula is C15H10N4O3. The Bertz CT molecular complexity index is 779. The van der Waals surface area contributed by atoms with Crippen molar-refractivity contribution < 1.29 is 9.72 Å². The number of benzene rings is 2. The van der Waals surface area contributed by atoms with E-state index in [1.807, 2.05) is 0 Å². The minimum atomic E-state index is -0.580. The van der Waals surface area contributed by atoms with Gasteiger partial charge in [0.05, 0.1) is 4.92 Å². The van der Waals surface area contributed by atoms with E-state index in [0.717, 1.165) is 0 Å². The molecule has 2 aromatic carbocycles. The zero-order chi connectivity index (χ0) is 15.9. The predicted octanol–water partition coefficient (Wildman–Crippen LogP) is 2.77. The third-order valence-electron chi connectivity index (χ3n) is 2.75. The zero-order valence-corrected chi connectivity index (χ0v) is 11.3. The van der Waals surface area contributed by atoms with Crippen LogP contribution in [0, 0.1) is 21.4 Å². The lowest BCUT2D eigenvalue weighted by atomic mass is 10.1. The standard InChI is InChI=1S/C15H10N4O3/c16-10-13(15(20)11-6-2-1-3-7-11)18-17-12-8-4-5-9-14(12)19(21)22/h1-9,17H/b18-13+. The van der Waals surface area contributed by atoms with Gasteiger partial charge in [-0.2, -0.15) is 10.4 Å². The highest BCUT2D eigenvalue weighted by Gasteiger charge is 2.15. The molecule has 7 nitrogen and oxygen atoms in total. The van der Waals surface area contributed by atoms with Gasteiger partial charge in [0.15, 0.2) is 0 Å². The summed E-state index contributed by atoms with van der Waals surface area (Å²) >= 11 is 0. The van der Waals surface area contributed by atoms with Crippen LogP contribution in [0.1, 0.15) is 10.4 Å². The molecular weight excluding hydrogens is 284 g/mol. The second-order valence-corrected chi connectivity index (χ2v) is 4.15. The van der Waals surface area contributed by atoms with Crippen molar-refractivity contribution in [2.24, 2.45) is 5.10 Å². The summed E-state index contributed by atoms with van der Waals surface area (Å²) in [5.74, 6) is -0.561. The lowest BCUT2D eigenvalue weighted by Crippen LogP contribution is -2.14. The summed E-state index contributed by atoms with van der Waals surface area (Å²) in [5, 5.41) is 23.6. The molecule has 22 heavy (non-hydrogen) atoms.